The fourth-order valence-corrected chi connectivity index (χ4v) is 6.92. The lowest BCUT2D eigenvalue weighted by atomic mass is 9.77. The van der Waals surface area contributed by atoms with E-state index in [1.807, 2.05) is 62.3 Å². The number of aliphatic hydroxyl groups excluding tert-OH is 4. The molecular weight excluding hydrogens is 566 g/mol. The van der Waals surface area contributed by atoms with Gasteiger partial charge < -0.3 is 35.2 Å². The number of esters is 2. The molecule has 0 aromatic rings. The average Bonchev–Trinajstić information content (AvgIpc) is 2.91. The first-order valence-corrected chi connectivity index (χ1v) is 16.7. The number of rotatable bonds is 12. The number of nitrogens with one attached hydrogen (secondary N) is 1. The number of cyclic esters (lactones) is 1. The van der Waals surface area contributed by atoms with Crippen LogP contribution in [0.3, 0.4) is 0 Å². The molecule has 1 saturated heterocycles. The van der Waals surface area contributed by atoms with Gasteiger partial charge in [0.25, 0.3) is 0 Å². The maximum absolute atomic E-state index is 13.5. The van der Waals surface area contributed by atoms with Crippen LogP contribution in [0.4, 0.5) is 0 Å². The maximum atomic E-state index is 13.5. The minimum absolute atomic E-state index is 0.0603. The summed E-state index contributed by atoms with van der Waals surface area (Å²) in [5.74, 6) is -2.79. The van der Waals surface area contributed by atoms with E-state index in [1.54, 1.807) is 6.92 Å². The average molecular weight is 630 g/mol. The van der Waals surface area contributed by atoms with Crippen molar-refractivity contribution in [2.75, 3.05) is 0 Å². The first-order valence-electron chi connectivity index (χ1n) is 16.7. The van der Waals surface area contributed by atoms with E-state index in [4.69, 9.17) is 9.47 Å². The topological polar surface area (TPSA) is 163 Å². The summed E-state index contributed by atoms with van der Waals surface area (Å²) in [5, 5.41) is 44.7. The Balaban J connectivity index is 3.26. The predicted molar refractivity (Wildman–Crippen MR) is 169 cm³/mol. The molecule has 1 rings (SSSR count). The van der Waals surface area contributed by atoms with Crippen molar-refractivity contribution in [2.45, 2.75) is 151 Å². The zero-order chi connectivity index (χ0) is 34.0. The van der Waals surface area contributed by atoms with Crippen molar-refractivity contribution in [3.8, 4) is 0 Å². The second-order valence-electron chi connectivity index (χ2n) is 14.6. The van der Waals surface area contributed by atoms with Gasteiger partial charge in [0, 0.05) is 12.8 Å². The van der Waals surface area contributed by atoms with Crippen LogP contribution in [0.5, 0.6) is 0 Å². The number of amides is 1. The molecule has 1 heterocycles. The van der Waals surface area contributed by atoms with Crippen LogP contribution in [0, 0.1) is 47.3 Å². The van der Waals surface area contributed by atoms with Gasteiger partial charge in [-0.3, -0.25) is 9.59 Å². The molecule has 0 aromatic heterocycles. The van der Waals surface area contributed by atoms with Crippen LogP contribution in [0.2, 0.25) is 0 Å². The number of hydrogen-bond donors (Lipinski definition) is 5. The fraction of sp³-hybridized carbons (Fsp3) is 0.912. The van der Waals surface area contributed by atoms with Gasteiger partial charge in [-0.25, -0.2) is 4.79 Å². The summed E-state index contributed by atoms with van der Waals surface area (Å²) in [5.41, 5.74) is 0. The number of ether oxygens (including phenoxy) is 2. The van der Waals surface area contributed by atoms with Crippen molar-refractivity contribution in [3.63, 3.8) is 0 Å². The lowest BCUT2D eigenvalue weighted by Crippen LogP contribution is -2.48. The second-order valence-corrected chi connectivity index (χ2v) is 14.6. The first kappa shape index (κ1) is 40.3. The number of carbonyl (C=O) groups excluding carboxylic acids is 3. The molecule has 1 amide bonds. The second kappa shape index (κ2) is 18.4. The Labute approximate surface area is 265 Å². The highest BCUT2D eigenvalue weighted by Crippen LogP contribution is 2.34. The molecule has 0 radical (unpaired) electrons. The van der Waals surface area contributed by atoms with Crippen molar-refractivity contribution >= 4 is 17.8 Å². The van der Waals surface area contributed by atoms with Gasteiger partial charge >= 0.3 is 11.9 Å². The van der Waals surface area contributed by atoms with Crippen LogP contribution in [-0.4, -0.2) is 80.9 Å². The van der Waals surface area contributed by atoms with Crippen molar-refractivity contribution in [2.24, 2.45) is 47.3 Å². The van der Waals surface area contributed by atoms with E-state index in [-0.39, 0.29) is 60.2 Å². The Bertz CT molecular complexity index is 896. The summed E-state index contributed by atoms with van der Waals surface area (Å²) in [7, 11) is 0. The van der Waals surface area contributed by atoms with Crippen LogP contribution in [0.15, 0.2) is 0 Å². The summed E-state index contributed by atoms with van der Waals surface area (Å²) in [6.07, 6.45) is -2.65. The highest BCUT2D eigenvalue weighted by molar-refractivity contribution is 5.85. The van der Waals surface area contributed by atoms with Crippen LogP contribution in [0.25, 0.3) is 0 Å². The summed E-state index contributed by atoms with van der Waals surface area (Å²) in [6, 6.07) is -0.886. The fourth-order valence-electron chi connectivity index (χ4n) is 6.92. The maximum Gasteiger partial charge on any atom is 0.329 e. The van der Waals surface area contributed by atoms with E-state index >= 15 is 0 Å². The van der Waals surface area contributed by atoms with E-state index in [0.717, 1.165) is 0 Å². The molecule has 5 N–H and O–H groups in total. The number of carbonyl (C=O) groups is 3. The third kappa shape index (κ3) is 12.6. The Kier molecular flexibility index (Phi) is 16.9. The molecular formula is C34H63NO9. The molecule has 0 aliphatic carbocycles. The molecule has 14 atom stereocenters. The van der Waals surface area contributed by atoms with Crippen molar-refractivity contribution < 1.29 is 44.3 Å². The molecule has 1 aliphatic heterocycles. The Morgan fingerprint density at radius 1 is 0.909 bits per heavy atom. The summed E-state index contributed by atoms with van der Waals surface area (Å²) in [6.45, 7) is 20.3. The lowest BCUT2D eigenvalue weighted by Gasteiger charge is -2.37. The highest BCUT2D eigenvalue weighted by Gasteiger charge is 2.38. The summed E-state index contributed by atoms with van der Waals surface area (Å²) in [4.78, 5) is 38.3. The zero-order valence-electron chi connectivity index (χ0n) is 29.0. The monoisotopic (exact) mass is 629 g/mol. The third-order valence-corrected chi connectivity index (χ3v) is 9.74. The summed E-state index contributed by atoms with van der Waals surface area (Å²) >= 11 is 0. The van der Waals surface area contributed by atoms with E-state index in [2.05, 4.69) is 5.32 Å². The van der Waals surface area contributed by atoms with E-state index in [0.29, 0.717) is 19.3 Å². The zero-order valence-corrected chi connectivity index (χ0v) is 29.0. The molecule has 0 spiro atoms. The Morgan fingerprint density at radius 3 is 2.00 bits per heavy atom. The van der Waals surface area contributed by atoms with Crippen LogP contribution >= 0.6 is 0 Å². The first-order chi connectivity index (χ1) is 20.3. The van der Waals surface area contributed by atoms with Crippen molar-refractivity contribution in [1.29, 1.82) is 0 Å². The summed E-state index contributed by atoms with van der Waals surface area (Å²) < 4.78 is 12.0. The van der Waals surface area contributed by atoms with Gasteiger partial charge in [-0.2, -0.15) is 0 Å². The van der Waals surface area contributed by atoms with Gasteiger partial charge in [0.15, 0.2) is 0 Å². The molecule has 0 unspecified atom stereocenters. The highest BCUT2D eigenvalue weighted by atomic mass is 16.5. The van der Waals surface area contributed by atoms with Gasteiger partial charge in [0.1, 0.15) is 18.2 Å². The van der Waals surface area contributed by atoms with Gasteiger partial charge in [-0.1, -0.05) is 62.3 Å². The van der Waals surface area contributed by atoms with Crippen LogP contribution < -0.4 is 5.32 Å². The normalized spacial score (nSPS) is 31.5. The molecule has 10 heteroatoms. The van der Waals surface area contributed by atoms with Gasteiger partial charge in [0.2, 0.25) is 5.91 Å². The number of hydrogen-bond acceptors (Lipinski definition) is 9. The van der Waals surface area contributed by atoms with Crippen LogP contribution in [-0.2, 0) is 23.9 Å². The molecule has 0 bridgehead atoms. The SMILES string of the molecule is CC(=O)O[C@H]([C@H](C)C[C@H](C)[C@H](O)[C@H](C)[C@@H](C)O)[C@@H](C)C[C@H](C)[C@@H]1OC(=O)[C@@H](C(C)C)NC(=O)C[C@@H](O)C[C@H](O)[C@H](C)C[C@H]1C. The molecule has 0 saturated carbocycles. The molecule has 44 heavy (non-hydrogen) atoms. The quantitative estimate of drug-likeness (QED) is 0.202. The van der Waals surface area contributed by atoms with E-state index in [1.165, 1.54) is 6.92 Å². The Morgan fingerprint density at radius 2 is 1.48 bits per heavy atom. The van der Waals surface area contributed by atoms with Gasteiger partial charge in [-0.05, 0) is 74.0 Å². The standard InChI is InChI=1S/C34H63NO9/c1-17(2)30-34(42)44-33(20(5)12-18(3)28(39)15-27(38)16-29(40)35-30)23(8)14-22(7)32(43-26(11)37)21(6)13-19(4)31(41)24(9)25(10)36/h17-25,27-28,30-33,36,38-39,41H,12-16H2,1-11H3,(H,35,40)/t18-,19+,20-,21-,22+,23+,24-,25-,27+,28+,30-,31+,32-,33-/m1/s1. The van der Waals surface area contributed by atoms with E-state index < -0.39 is 60.5 Å². The minimum atomic E-state index is -1.03. The molecule has 10 nitrogen and oxygen atoms in total. The largest absolute Gasteiger partial charge is 0.462 e. The van der Waals surface area contributed by atoms with Crippen molar-refractivity contribution in [1.82, 2.24) is 5.32 Å². The van der Waals surface area contributed by atoms with Crippen LogP contribution in [0.1, 0.15) is 108 Å². The molecule has 258 valence electrons. The van der Waals surface area contributed by atoms with E-state index in [9.17, 15) is 34.8 Å². The third-order valence-electron chi connectivity index (χ3n) is 9.74. The molecule has 1 fully saturated rings. The van der Waals surface area contributed by atoms with Gasteiger partial charge in [-0.15, -0.1) is 0 Å². The number of aliphatic hydroxyl groups is 4. The Hall–Kier alpha value is -1.75. The molecule has 1 aliphatic rings. The predicted octanol–water partition coefficient (Wildman–Crippen LogP) is 3.85. The molecule has 0 aromatic carbocycles. The lowest BCUT2D eigenvalue weighted by molar-refractivity contribution is -0.161. The van der Waals surface area contributed by atoms with Gasteiger partial charge in [0.05, 0.1) is 30.8 Å². The van der Waals surface area contributed by atoms with Crippen molar-refractivity contribution in [3.05, 3.63) is 0 Å². The smallest absolute Gasteiger partial charge is 0.329 e. The minimum Gasteiger partial charge on any atom is -0.462 e.